The molecule has 0 unspecified atom stereocenters. The van der Waals surface area contributed by atoms with Crippen LogP contribution in [0.25, 0.3) is 6.08 Å². The fraction of sp³-hybridized carbons (Fsp3) is 0.524. The van der Waals surface area contributed by atoms with Gasteiger partial charge >= 0.3 is 5.97 Å². The second kappa shape index (κ2) is 9.53. The van der Waals surface area contributed by atoms with Crippen LogP contribution in [0.3, 0.4) is 0 Å². The van der Waals surface area contributed by atoms with Crippen LogP contribution in [-0.4, -0.2) is 31.1 Å². The van der Waals surface area contributed by atoms with E-state index in [2.05, 4.69) is 19.2 Å². The number of carbonyl (C=O) groups excluding carboxylic acids is 2. The highest BCUT2D eigenvalue weighted by Gasteiger charge is 2.29. The van der Waals surface area contributed by atoms with Crippen molar-refractivity contribution >= 4 is 18.0 Å². The lowest BCUT2D eigenvalue weighted by Gasteiger charge is -2.35. The largest absolute Gasteiger partial charge is 0.494 e. The summed E-state index contributed by atoms with van der Waals surface area (Å²) in [4.78, 5) is 24.3. The second-order valence-electron chi connectivity index (χ2n) is 7.19. The minimum atomic E-state index is -0.890. The third kappa shape index (κ3) is 5.81. The smallest absolute Gasteiger partial charge is 0.331 e. The lowest BCUT2D eigenvalue weighted by atomic mass is 9.78. The molecular formula is C21H28FNO4. The highest BCUT2D eigenvalue weighted by Crippen LogP contribution is 2.29. The van der Waals surface area contributed by atoms with E-state index in [1.807, 2.05) is 0 Å². The van der Waals surface area contributed by atoms with Gasteiger partial charge in [0.05, 0.1) is 7.11 Å². The molecule has 1 saturated carbocycles. The summed E-state index contributed by atoms with van der Waals surface area (Å²) >= 11 is 0. The molecular weight excluding hydrogens is 349 g/mol. The van der Waals surface area contributed by atoms with Crippen molar-refractivity contribution in [2.75, 3.05) is 7.11 Å². The van der Waals surface area contributed by atoms with E-state index in [-0.39, 0.29) is 17.7 Å². The van der Waals surface area contributed by atoms with Crippen LogP contribution in [0, 0.1) is 17.7 Å². The number of rotatable bonds is 6. The van der Waals surface area contributed by atoms with Gasteiger partial charge in [0, 0.05) is 12.1 Å². The van der Waals surface area contributed by atoms with Crippen molar-refractivity contribution in [3.63, 3.8) is 0 Å². The monoisotopic (exact) mass is 377 g/mol. The third-order valence-corrected chi connectivity index (χ3v) is 5.28. The number of nitrogens with one attached hydrogen (secondary N) is 1. The zero-order valence-electron chi connectivity index (χ0n) is 16.3. The molecule has 0 spiro atoms. The van der Waals surface area contributed by atoms with Crippen LogP contribution >= 0.6 is 0 Å². The molecule has 27 heavy (non-hydrogen) atoms. The van der Waals surface area contributed by atoms with Gasteiger partial charge in [0.25, 0.3) is 5.91 Å². The van der Waals surface area contributed by atoms with E-state index < -0.39 is 17.9 Å². The van der Waals surface area contributed by atoms with Crippen molar-refractivity contribution in [3.05, 3.63) is 35.7 Å². The molecule has 0 radical (unpaired) electrons. The van der Waals surface area contributed by atoms with Gasteiger partial charge in [-0.1, -0.05) is 32.8 Å². The maximum absolute atomic E-state index is 13.6. The predicted octanol–water partition coefficient (Wildman–Crippen LogP) is 3.72. The number of hydrogen-bond acceptors (Lipinski definition) is 4. The van der Waals surface area contributed by atoms with Crippen LogP contribution < -0.4 is 10.1 Å². The Morgan fingerprint density at radius 3 is 2.70 bits per heavy atom. The minimum absolute atomic E-state index is 0.111. The van der Waals surface area contributed by atoms with E-state index in [0.29, 0.717) is 17.4 Å². The Hall–Kier alpha value is -2.37. The van der Waals surface area contributed by atoms with E-state index in [9.17, 15) is 14.0 Å². The van der Waals surface area contributed by atoms with Crippen molar-refractivity contribution in [2.45, 2.75) is 52.2 Å². The molecule has 0 heterocycles. The molecule has 148 valence electrons. The van der Waals surface area contributed by atoms with Crippen molar-refractivity contribution in [1.29, 1.82) is 0 Å². The molecule has 1 aliphatic carbocycles. The van der Waals surface area contributed by atoms with Crippen LogP contribution in [0.15, 0.2) is 24.3 Å². The lowest BCUT2D eigenvalue weighted by molar-refractivity contribution is -0.150. The number of amides is 1. The van der Waals surface area contributed by atoms with Crippen LogP contribution in [0.5, 0.6) is 5.75 Å². The summed E-state index contributed by atoms with van der Waals surface area (Å²) < 4.78 is 23.6. The van der Waals surface area contributed by atoms with Crippen LogP contribution in [0.4, 0.5) is 4.39 Å². The van der Waals surface area contributed by atoms with E-state index >= 15 is 0 Å². The lowest BCUT2D eigenvalue weighted by Crippen LogP contribution is -2.47. The highest BCUT2D eigenvalue weighted by molar-refractivity contribution is 5.90. The van der Waals surface area contributed by atoms with E-state index in [0.717, 1.165) is 12.8 Å². The quantitative estimate of drug-likeness (QED) is 0.606. The van der Waals surface area contributed by atoms with Crippen LogP contribution in [-0.2, 0) is 14.3 Å². The first-order valence-electron chi connectivity index (χ1n) is 9.34. The Balaban J connectivity index is 1.87. The van der Waals surface area contributed by atoms with Crippen molar-refractivity contribution in [2.24, 2.45) is 11.8 Å². The summed E-state index contributed by atoms with van der Waals surface area (Å²) in [7, 11) is 1.38. The summed E-state index contributed by atoms with van der Waals surface area (Å²) in [5.74, 6) is -0.370. The average Bonchev–Trinajstić information content (AvgIpc) is 2.63. The van der Waals surface area contributed by atoms with Gasteiger partial charge in [0.1, 0.15) is 0 Å². The number of benzene rings is 1. The van der Waals surface area contributed by atoms with Gasteiger partial charge in [-0.15, -0.1) is 0 Å². The van der Waals surface area contributed by atoms with Crippen LogP contribution in [0.2, 0.25) is 0 Å². The fourth-order valence-corrected chi connectivity index (χ4v) is 3.30. The molecule has 1 amide bonds. The minimum Gasteiger partial charge on any atom is -0.494 e. The molecule has 6 heteroatoms. The van der Waals surface area contributed by atoms with Gasteiger partial charge in [-0.2, -0.15) is 0 Å². The number of hydrogen-bond donors (Lipinski definition) is 1. The third-order valence-electron chi connectivity index (χ3n) is 5.28. The Labute approximate surface area is 159 Å². The molecule has 1 fully saturated rings. The summed E-state index contributed by atoms with van der Waals surface area (Å²) in [6, 6.07) is 4.46. The molecule has 1 aromatic carbocycles. The highest BCUT2D eigenvalue weighted by atomic mass is 19.1. The van der Waals surface area contributed by atoms with Crippen molar-refractivity contribution < 1.29 is 23.5 Å². The molecule has 1 aliphatic rings. The first-order chi connectivity index (χ1) is 12.8. The molecule has 0 saturated heterocycles. The normalized spacial score (nSPS) is 23.7. The molecule has 1 N–H and O–H groups in total. The number of halogens is 1. The maximum atomic E-state index is 13.6. The topological polar surface area (TPSA) is 64.6 Å². The van der Waals surface area contributed by atoms with Gasteiger partial charge in [0.15, 0.2) is 17.7 Å². The maximum Gasteiger partial charge on any atom is 0.331 e. The molecule has 4 atom stereocenters. The molecule has 0 aromatic heterocycles. The Bertz CT molecular complexity index is 703. The van der Waals surface area contributed by atoms with Crippen molar-refractivity contribution in [1.82, 2.24) is 5.32 Å². The Morgan fingerprint density at radius 2 is 2.04 bits per heavy atom. The summed E-state index contributed by atoms with van der Waals surface area (Å²) in [5, 5.41) is 2.99. The molecule has 0 bridgehead atoms. The zero-order valence-corrected chi connectivity index (χ0v) is 16.3. The van der Waals surface area contributed by atoms with E-state index in [1.165, 1.54) is 37.8 Å². The number of ether oxygens (including phenoxy) is 2. The molecule has 5 nitrogen and oxygen atoms in total. The van der Waals surface area contributed by atoms with E-state index in [4.69, 9.17) is 9.47 Å². The van der Waals surface area contributed by atoms with Gasteiger partial charge in [0.2, 0.25) is 0 Å². The van der Waals surface area contributed by atoms with Gasteiger partial charge in [-0.25, -0.2) is 9.18 Å². The van der Waals surface area contributed by atoms with Gasteiger partial charge in [-0.05, 0) is 49.0 Å². The standard InChI is InChI=1S/C21H28FNO4/c1-13-6-5-7-18(14(13)2)23-21(25)15(3)27-20(24)11-9-16-8-10-19(26-4)17(22)12-16/h8-15,18H,5-7H2,1-4H3,(H,23,25)/b11-9+/t13-,14-,15-,18-/m1/s1. The number of methoxy groups -OCH3 is 1. The molecule has 2 rings (SSSR count). The second-order valence-corrected chi connectivity index (χ2v) is 7.19. The zero-order chi connectivity index (χ0) is 20.0. The SMILES string of the molecule is COc1ccc(/C=C/C(=O)O[C@H](C)C(=O)N[C@@H]2CCC[C@@H](C)[C@H]2C)cc1F. The Kier molecular flexibility index (Phi) is 7.39. The van der Waals surface area contributed by atoms with Crippen molar-refractivity contribution in [3.8, 4) is 5.75 Å². The van der Waals surface area contributed by atoms with E-state index in [1.54, 1.807) is 13.0 Å². The number of carbonyl (C=O) groups is 2. The molecule has 0 aliphatic heterocycles. The molecule has 1 aromatic rings. The number of esters is 1. The fourth-order valence-electron chi connectivity index (χ4n) is 3.30. The first kappa shape index (κ1) is 20.9. The van der Waals surface area contributed by atoms with Gasteiger partial charge in [-0.3, -0.25) is 4.79 Å². The average molecular weight is 377 g/mol. The Morgan fingerprint density at radius 1 is 1.30 bits per heavy atom. The predicted molar refractivity (Wildman–Crippen MR) is 102 cm³/mol. The first-order valence-corrected chi connectivity index (χ1v) is 9.34. The van der Waals surface area contributed by atoms with Gasteiger partial charge < -0.3 is 14.8 Å². The summed E-state index contributed by atoms with van der Waals surface area (Å²) in [5.41, 5.74) is 0.493. The van der Waals surface area contributed by atoms with Crippen LogP contribution in [0.1, 0.15) is 45.6 Å². The summed E-state index contributed by atoms with van der Waals surface area (Å²) in [6.45, 7) is 5.88. The summed E-state index contributed by atoms with van der Waals surface area (Å²) in [6.07, 6.45) is 4.93.